The predicted molar refractivity (Wildman–Crippen MR) is 173 cm³/mol. The van der Waals surface area contributed by atoms with Gasteiger partial charge in [0.1, 0.15) is 0 Å². The van der Waals surface area contributed by atoms with Crippen LogP contribution in [0.1, 0.15) is 33.8 Å². The number of thiazole rings is 1. The van der Waals surface area contributed by atoms with Crippen molar-refractivity contribution in [3.63, 3.8) is 0 Å². The molecule has 1 aliphatic heterocycles. The number of piperazine rings is 1. The van der Waals surface area contributed by atoms with Gasteiger partial charge in [0, 0.05) is 31.2 Å². The largest absolute Gasteiger partial charge is 0.369 e. The van der Waals surface area contributed by atoms with Crippen LogP contribution >= 0.6 is 11.3 Å². The molecule has 2 amide bonds. The monoisotopic (exact) mass is 689 g/mol. The summed E-state index contributed by atoms with van der Waals surface area (Å²) in [4.78, 5) is 48.3. The summed E-state index contributed by atoms with van der Waals surface area (Å²) in [6.45, 7) is 1.17. The van der Waals surface area contributed by atoms with Crippen molar-refractivity contribution < 1.29 is 31.2 Å². The van der Waals surface area contributed by atoms with Gasteiger partial charge in [0.2, 0.25) is 33.6 Å². The molecule has 17 heteroatoms. The zero-order valence-electron chi connectivity index (χ0n) is 25.0. The lowest BCUT2D eigenvalue weighted by atomic mass is 10.1. The van der Waals surface area contributed by atoms with E-state index in [0.29, 0.717) is 5.56 Å². The Labute approximate surface area is 271 Å². The van der Waals surface area contributed by atoms with Crippen LogP contribution in [0, 0.1) is 6.92 Å². The Hall–Kier alpha value is -4.19. The lowest BCUT2D eigenvalue weighted by Gasteiger charge is -2.33. The molecule has 3 aromatic rings. The van der Waals surface area contributed by atoms with Crippen LogP contribution in [0.15, 0.2) is 76.1 Å². The van der Waals surface area contributed by atoms with Gasteiger partial charge in [-0.15, -0.1) is 11.3 Å². The summed E-state index contributed by atoms with van der Waals surface area (Å²) >= 11 is 1.11. The van der Waals surface area contributed by atoms with Crippen LogP contribution in [-0.4, -0.2) is 93.3 Å². The number of rotatable bonds is 14. The van der Waals surface area contributed by atoms with Crippen molar-refractivity contribution in [1.82, 2.24) is 24.2 Å². The number of sulfonamides is 2. The van der Waals surface area contributed by atoms with Gasteiger partial charge in [-0.3, -0.25) is 19.4 Å². The molecule has 0 saturated carbocycles. The average Bonchev–Trinajstić information content (AvgIpc) is 3.55. The number of nitrogens with one attached hydrogen (secondary N) is 2. The van der Waals surface area contributed by atoms with Gasteiger partial charge < -0.3 is 16.0 Å². The maximum Gasteiger partial charge on any atom is 0.264 e. The van der Waals surface area contributed by atoms with Gasteiger partial charge in [0.05, 0.1) is 29.8 Å². The number of guanidine groups is 1. The molecule has 0 bridgehead atoms. The second kappa shape index (κ2) is 15.4. The summed E-state index contributed by atoms with van der Waals surface area (Å²) in [5.74, 6) is -2.12. The Morgan fingerprint density at radius 1 is 1.07 bits per heavy atom. The van der Waals surface area contributed by atoms with E-state index in [1.807, 2.05) is 6.92 Å². The van der Waals surface area contributed by atoms with E-state index in [1.54, 1.807) is 47.8 Å². The van der Waals surface area contributed by atoms with E-state index in [2.05, 4.69) is 20.0 Å². The molecule has 0 aliphatic carbocycles. The Bertz CT molecular complexity index is 1760. The third-order valence-corrected chi connectivity index (χ3v) is 11.0. The predicted octanol–water partition coefficient (Wildman–Crippen LogP) is 0.867. The van der Waals surface area contributed by atoms with Gasteiger partial charge in [-0.1, -0.05) is 48.0 Å². The number of aryl methyl sites for hydroxylation is 1. The first kappa shape index (κ1) is 34.7. The number of ketones is 1. The number of aliphatic imine (C=N–C) groups is 1. The van der Waals surface area contributed by atoms with Crippen LogP contribution < -0.4 is 15.8 Å². The summed E-state index contributed by atoms with van der Waals surface area (Å²) in [5, 5.41) is 4.47. The summed E-state index contributed by atoms with van der Waals surface area (Å²) in [5.41, 5.74) is 7.29. The van der Waals surface area contributed by atoms with E-state index in [-0.39, 0.29) is 60.6 Å². The number of nitrogens with zero attached hydrogens (tertiary/aromatic N) is 4. The highest BCUT2D eigenvalue weighted by Gasteiger charge is 2.33. The number of benzene rings is 2. The van der Waals surface area contributed by atoms with Crippen molar-refractivity contribution in [2.24, 2.45) is 10.7 Å². The van der Waals surface area contributed by atoms with Crippen LogP contribution in [0.3, 0.4) is 0 Å². The first-order valence-corrected chi connectivity index (χ1v) is 18.2. The van der Waals surface area contributed by atoms with Crippen molar-refractivity contribution in [2.75, 3.05) is 32.7 Å². The van der Waals surface area contributed by atoms with Crippen LogP contribution in [-0.2, 0) is 35.4 Å². The van der Waals surface area contributed by atoms with Gasteiger partial charge >= 0.3 is 0 Å². The molecule has 1 saturated heterocycles. The summed E-state index contributed by atoms with van der Waals surface area (Å²) in [6.07, 6.45) is 1.85. The standard InChI is InChI=1S/C29H35N7O7S3/c1-21-9-11-23(12-10-21)46(42,43)34-29(30)32-13-5-8-24(27(39)28-31-14-17-44-28)33-25(37)18-35-15-16-36(19-26(35)38)45(40,41)20-22-6-3-2-4-7-22/h2-4,6-7,9-12,14,17,24H,5,8,13,15-16,18-20H2,1H3,(H,33,37)(H3,30,32,34)/t24-/m0/s1. The fraction of sp³-hybridized carbons (Fsp3) is 0.345. The number of nitrogens with two attached hydrogens (primary N) is 1. The lowest BCUT2D eigenvalue weighted by molar-refractivity contribution is -0.138. The van der Waals surface area contributed by atoms with Gasteiger partial charge in [0.25, 0.3) is 10.0 Å². The van der Waals surface area contributed by atoms with E-state index < -0.39 is 50.2 Å². The van der Waals surface area contributed by atoms with Crippen LogP contribution in [0.5, 0.6) is 0 Å². The molecule has 0 unspecified atom stereocenters. The minimum atomic E-state index is -3.93. The van der Waals surface area contributed by atoms with Crippen molar-refractivity contribution in [1.29, 1.82) is 0 Å². The van der Waals surface area contributed by atoms with Crippen molar-refractivity contribution >= 4 is 54.9 Å². The second-order valence-electron chi connectivity index (χ2n) is 10.5. The fourth-order valence-electron chi connectivity index (χ4n) is 4.59. The number of aromatic nitrogens is 1. The second-order valence-corrected chi connectivity index (χ2v) is 15.1. The number of hydrogen-bond donors (Lipinski definition) is 3. The number of carbonyl (C=O) groups is 3. The van der Waals surface area contributed by atoms with E-state index >= 15 is 0 Å². The first-order valence-electron chi connectivity index (χ1n) is 14.3. The van der Waals surface area contributed by atoms with E-state index in [9.17, 15) is 31.2 Å². The third-order valence-electron chi connectivity index (χ3n) is 7.00. The molecule has 14 nitrogen and oxygen atoms in total. The molecule has 0 radical (unpaired) electrons. The van der Waals surface area contributed by atoms with Crippen molar-refractivity contribution in [3.05, 3.63) is 82.3 Å². The highest BCUT2D eigenvalue weighted by atomic mass is 32.2. The zero-order chi connectivity index (χ0) is 33.3. The number of amides is 2. The SMILES string of the molecule is Cc1ccc(S(=O)(=O)NC(N)=NCCC[C@H](NC(=O)CN2CCN(S(=O)(=O)Cc3ccccc3)CC2=O)C(=O)c2nccs2)cc1. The minimum absolute atomic E-state index is 0.0118. The molecule has 1 atom stereocenters. The van der Waals surface area contributed by atoms with Gasteiger partial charge in [-0.2, -0.15) is 4.31 Å². The average molecular weight is 690 g/mol. The molecule has 1 aliphatic rings. The highest BCUT2D eigenvalue weighted by molar-refractivity contribution is 7.90. The molecule has 2 heterocycles. The molecular weight excluding hydrogens is 655 g/mol. The maximum atomic E-state index is 13.1. The quantitative estimate of drug-likeness (QED) is 0.0950. The molecular formula is C29H35N7O7S3. The summed E-state index contributed by atoms with van der Waals surface area (Å²) < 4.78 is 54.1. The van der Waals surface area contributed by atoms with Crippen LogP contribution in [0.4, 0.5) is 0 Å². The third kappa shape index (κ3) is 9.65. The van der Waals surface area contributed by atoms with E-state index in [0.717, 1.165) is 21.2 Å². The number of carbonyl (C=O) groups excluding carboxylic acids is 3. The Kier molecular flexibility index (Phi) is 11.6. The molecule has 0 spiro atoms. The van der Waals surface area contributed by atoms with Gasteiger partial charge in [-0.05, 0) is 37.5 Å². The minimum Gasteiger partial charge on any atom is -0.369 e. The molecule has 46 heavy (non-hydrogen) atoms. The molecule has 1 aromatic heterocycles. The first-order chi connectivity index (χ1) is 21.8. The Morgan fingerprint density at radius 2 is 1.78 bits per heavy atom. The molecule has 4 N–H and O–H groups in total. The molecule has 2 aromatic carbocycles. The van der Waals surface area contributed by atoms with E-state index in [4.69, 9.17) is 5.73 Å². The van der Waals surface area contributed by atoms with Gasteiger partial charge in [0.15, 0.2) is 5.01 Å². The van der Waals surface area contributed by atoms with Crippen molar-refractivity contribution in [2.45, 2.75) is 36.5 Å². The Morgan fingerprint density at radius 3 is 2.43 bits per heavy atom. The number of Topliss-reactive ketones (excluding diaryl/α,β-unsaturated/α-hetero) is 1. The molecule has 1 fully saturated rings. The smallest absolute Gasteiger partial charge is 0.264 e. The fourth-order valence-corrected chi connectivity index (χ4v) is 7.63. The number of hydrogen-bond acceptors (Lipinski definition) is 10. The lowest BCUT2D eigenvalue weighted by Crippen LogP contribution is -2.55. The van der Waals surface area contributed by atoms with Gasteiger partial charge in [-0.25, -0.2) is 26.5 Å². The van der Waals surface area contributed by atoms with Crippen LogP contribution in [0.2, 0.25) is 0 Å². The zero-order valence-corrected chi connectivity index (χ0v) is 27.5. The molecule has 4 rings (SSSR count). The highest BCUT2D eigenvalue weighted by Crippen LogP contribution is 2.15. The van der Waals surface area contributed by atoms with E-state index in [1.165, 1.54) is 23.2 Å². The van der Waals surface area contributed by atoms with Crippen molar-refractivity contribution in [3.8, 4) is 0 Å². The maximum absolute atomic E-state index is 13.1. The summed E-state index contributed by atoms with van der Waals surface area (Å²) in [6, 6.07) is 13.8. The normalized spacial score (nSPS) is 15.4. The molecule has 246 valence electrons. The van der Waals surface area contributed by atoms with Crippen LogP contribution in [0.25, 0.3) is 0 Å². The Balaban J connectivity index is 1.31. The summed E-state index contributed by atoms with van der Waals surface area (Å²) in [7, 11) is -7.67. The topological polar surface area (TPSA) is 201 Å².